The van der Waals surface area contributed by atoms with E-state index in [9.17, 15) is 4.79 Å². The first kappa shape index (κ1) is 23.1. The third kappa shape index (κ3) is 6.06. The zero-order valence-electron chi connectivity index (χ0n) is 18.8. The van der Waals surface area contributed by atoms with E-state index < -0.39 is 0 Å². The Morgan fingerprint density at radius 2 is 1.70 bits per heavy atom. The van der Waals surface area contributed by atoms with Gasteiger partial charge in [0.1, 0.15) is 11.5 Å². The Morgan fingerprint density at radius 1 is 1.00 bits per heavy atom. The van der Waals surface area contributed by atoms with Crippen LogP contribution < -0.4 is 19.7 Å². The topological polar surface area (TPSA) is 50.8 Å². The van der Waals surface area contributed by atoms with Gasteiger partial charge in [0.15, 0.2) is 0 Å². The molecule has 0 radical (unpaired) electrons. The number of methoxy groups -OCH3 is 1. The molecule has 1 fully saturated rings. The smallest absolute Gasteiger partial charge is 0.262 e. The van der Waals surface area contributed by atoms with Crippen LogP contribution in [0.3, 0.4) is 0 Å². The minimum atomic E-state index is -0.167. The molecule has 1 amide bonds. The minimum Gasteiger partial charge on any atom is -0.497 e. The number of benzene rings is 3. The van der Waals surface area contributed by atoms with E-state index in [0.29, 0.717) is 23.2 Å². The first-order valence-corrected chi connectivity index (χ1v) is 11.7. The molecule has 1 unspecified atom stereocenters. The Hall–Kier alpha value is -3.02. The zero-order valence-corrected chi connectivity index (χ0v) is 19.6. The number of carbonyl (C=O) groups is 1. The van der Waals surface area contributed by atoms with Crippen molar-refractivity contribution in [1.82, 2.24) is 5.32 Å². The highest BCUT2D eigenvalue weighted by molar-refractivity contribution is 6.31. The SMILES string of the molecule is COc1ccc(N(C(=O)c2cccc(Cl)c2)c2ccc(OCCC3CCCCN3)cc2)cc1. The maximum Gasteiger partial charge on any atom is 0.262 e. The van der Waals surface area contributed by atoms with Crippen LogP contribution in [-0.4, -0.2) is 32.2 Å². The highest BCUT2D eigenvalue weighted by Gasteiger charge is 2.20. The molecule has 3 aromatic rings. The van der Waals surface area contributed by atoms with Gasteiger partial charge in [0.2, 0.25) is 0 Å². The van der Waals surface area contributed by atoms with Crippen LogP contribution in [0.4, 0.5) is 11.4 Å². The van der Waals surface area contributed by atoms with Crippen molar-refractivity contribution in [2.45, 2.75) is 31.7 Å². The summed E-state index contributed by atoms with van der Waals surface area (Å²) in [5.74, 6) is 1.35. The van der Waals surface area contributed by atoms with Crippen LogP contribution in [0.25, 0.3) is 0 Å². The summed E-state index contributed by atoms with van der Waals surface area (Å²) in [7, 11) is 1.62. The minimum absolute atomic E-state index is 0.167. The molecule has 172 valence electrons. The van der Waals surface area contributed by atoms with Gasteiger partial charge in [-0.05, 0) is 92.5 Å². The number of nitrogens with one attached hydrogen (secondary N) is 1. The van der Waals surface area contributed by atoms with Gasteiger partial charge in [-0.15, -0.1) is 0 Å². The van der Waals surface area contributed by atoms with E-state index in [4.69, 9.17) is 21.1 Å². The normalized spacial score (nSPS) is 15.6. The Morgan fingerprint density at radius 3 is 2.30 bits per heavy atom. The predicted octanol–water partition coefficient (Wildman–Crippen LogP) is 6.24. The third-order valence-electron chi connectivity index (χ3n) is 5.85. The van der Waals surface area contributed by atoms with Crippen LogP contribution in [-0.2, 0) is 0 Å². The molecule has 6 heteroatoms. The number of ether oxygens (including phenoxy) is 2. The van der Waals surface area contributed by atoms with Crippen LogP contribution >= 0.6 is 11.6 Å². The second kappa shape index (κ2) is 11.2. The molecule has 1 heterocycles. The molecule has 0 spiro atoms. The molecular weight excluding hydrogens is 436 g/mol. The van der Waals surface area contributed by atoms with Crippen LogP contribution in [0.1, 0.15) is 36.0 Å². The molecule has 1 atom stereocenters. The predicted molar refractivity (Wildman–Crippen MR) is 133 cm³/mol. The molecule has 0 aliphatic carbocycles. The lowest BCUT2D eigenvalue weighted by Crippen LogP contribution is -2.35. The molecule has 1 aliphatic rings. The monoisotopic (exact) mass is 464 g/mol. The summed E-state index contributed by atoms with van der Waals surface area (Å²) in [5, 5.41) is 4.07. The summed E-state index contributed by atoms with van der Waals surface area (Å²) >= 11 is 6.14. The maximum absolute atomic E-state index is 13.5. The van der Waals surface area contributed by atoms with Crippen molar-refractivity contribution in [2.75, 3.05) is 25.2 Å². The van der Waals surface area contributed by atoms with E-state index in [-0.39, 0.29) is 5.91 Å². The number of halogens is 1. The Kier molecular flexibility index (Phi) is 7.87. The number of piperidine rings is 1. The fraction of sp³-hybridized carbons (Fsp3) is 0.296. The van der Waals surface area contributed by atoms with Gasteiger partial charge in [0, 0.05) is 28.0 Å². The van der Waals surface area contributed by atoms with Crippen molar-refractivity contribution in [3.63, 3.8) is 0 Å². The first-order chi connectivity index (χ1) is 16.1. The van der Waals surface area contributed by atoms with Gasteiger partial charge in [0.05, 0.1) is 13.7 Å². The third-order valence-corrected chi connectivity index (χ3v) is 6.08. The van der Waals surface area contributed by atoms with Gasteiger partial charge in [-0.2, -0.15) is 0 Å². The second-order valence-corrected chi connectivity index (χ2v) is 8.56. The van der Waals surface area contributed by atoms with E-state index in [1.807, 2.05) is 48.5 Å². The number of hydrogen-bond acceptors (Lipinski definition) is 4. The molecule has 4 rings (SSSR count). The van der Waals surface area contributed by atoms with E-state index in [2.05, 4.69) is 5.32 Å². The molecule has 1 saturated heterocycles. The van der Waals surface area contributed by atoms with E-state index in [1.165, 1.54) is 19.3 Å². The van der Waals surface area contributed by atoms with Gasteiger partial charge < -0.3 is 14.8 Å². The number of nitrogens with zero attached hydrogens (tertiary/aromatic N) is 1. The first-order valence-electron chi connectivity index (χ1n) is 11.3. The number of hydrogen-bond donors (Lipinski definition) is 1. The molecule has 33 heavy (non-hydrogen) atoms. The van der Waals surface area contributed by atoms with Gasteiger partial charge in [-0.3, -0.25) is 9.69 Å². The van der Waals surface area contributed by atoms with E-state index in [1.54, 1.807) is 36.3 Å². The van der Waals surface area contributed by atoms with Crippen LogP contribution in [0.5, 0.6) is 11.5 Å². The van der Waals surface area contributed by atoms with Crippen LogP contribution in [0, 0.1) is 0 Å². The van der Waals surface area contributed by atoms with Crippen molar-refractivity contribution in [3.05, 3.63) is 83.4 Å². The Bertz CT molecular complexity index is 1050. The van der Waals surface area contributed by atoms with Gasteiger partial charge in [-0.1, -0.05) is 24.1 Å². The summed E-state index contributed by atoms with van der Waals surface area (Å²) in [5.41, 5.74) is 1.99. The summed E-state index contributed by atoms with van der Waals surface area (Å²) in [4.78, 5) is 15.1. The van der Waals surface area contributed by atoms with Gasteiger partial charge in [0.25, 0.3) is 5.91 Å². The lowest BCUT2D eigenvalue weighted by Gasteiger charge is -2.24. The van der Waals surface area contributed by atoms with E-state index in [0.717, 1.165) is 35.8 Å². The average molecular weight is 465 g/mol. The zero-order chi connectivity index (χ0) is 23.0. The molecule has 1 aliphatic heterocycles. The lowest BCUT2D eigenvalue weighted by atomic mass is 10.0. The van der Waals surface area contributed by atoms with Crippen molar-refractivity contribution in [3.8, 4) is 11.5 Å². The molecular formula is C27H29ClN2O3. The summed E-state index contributed by atoms with van der Waals surface area (Å²) in [6.07, 6.45) is 4.75. The van der Waals surface area contributed by atoms with Crippen molar-refractivity contribution in [1.29, 1.82) is 0 Å². The summed E-state index contributed by atoms with van der Waals surface area (Å²) < 4.78 is 11.2. The molecule has 0 bridgehead atoms. The second-order valence-electron chi connectivity index (χ2n) is 8.13. The largest absolute Gasteiger partial charge is 0.497 e. The molecule has 0 saturated carbocycles. The molecule has 5 nitrogen and oxygen atoms in total. The number of anilines is 2. The van der Waals surface area contributed by atoms with Crippen LogP contribution in [0.2, 0.25) is 5.02 Å². The Balaban J connectivity index is 1.52. The highest BCUT2D eigenvalue weighted by atomic mass is 35.5. The van der Waals surface area contributed by atoms with Gasteiger partial charge >= 0.3 is 0 Å². The fourth-order valence-electron chi connectivity index (χ4n) is 4.05. The van der Waals surface area contributed by atoms with Crippen molar-refractivity contribution < 1.29 is 14.3 Å². The standard InChI is InChI=1S/C27H29ClN2O3/c1-32-25-12-8-23(9-13-25)30(27(31)20-5-4-6-21(28)19-20)24-10-14-26(15-11-24)33-18-16-22-7-2-3-17-29-22/h4-6,8-15,19,22,29H,2-3,7,16-18H2,1H3. The lowest BCUT2D eigenvalue weighted by molar-refractivity contribution is 0.0999. The quantitative estimate of drug-likeness (QED) is 0.428. The van der Waals surface area contributed by atoms with Gasteiger partial charge in [-0.25, -0.2) is 0 Å². The summed E-state index contributed by atoms with van der Waals surface area (Å²) in [6.45, 7) is 1.77. The summed E-state index contributed by atoms with van der Waals surface area (Å²) in [6, 6.07) is 22.5. The van der Waals surface area contributed by atoms with Crippen molar-refractivity contribution >= 4 is 28.9 Å². The average Bonchev–Trinajstić information content (AvgIpc) is 2.86. The Labute approximate surface area is 200 Å². The highest BCUT2D eigenvalue weighted by Crippen LogP contribution is 2.31. The maximum atomic E-state index is 13.5. The number of amides is 1. The molecule has 1 N–H and O–H groups in total. The number of rotatable bonds is 8. The molecule has 3 aromatic carbocycles. The molecule has 0 aromatic heterocycles. The number of carbonyl (C=O) groups excluding carboxylic acids is 1. The van der Waals surface area contributed by atoms with Crippen molar-refractivity contribution in [2.24, 2.45) is 0 Å². The fourth-order valence-corrected chi connectivity index (χ4v) is 4.24. The van der Waals surface area contributed by atoms with Crippen LogP contribution in [0.15, 0.2) is 72.8 Å². The van der Waals surface area contributed by atoms with E-state index >= 15 is 0 Å².